The summed E-state index contributed by atoms with van der Waals surface area (Å²) in [6, 6.07) is 6.96. The van der Waals surface area contributed by atoms with Crippen LogP contribution in [0.25, 0.3) is 0 Å². The number of amides is 2. The van der Waals surface area contributed by atoms with Crippen molar-refractivity contribution in [1.82, 2.24) is 5.32 Å². The molecule has 0 bridgehead atoms. The zero-order chi connectivity index (χ0) is 10.4. The Balaban J connectivity index is 2.77. The molecular formula is C11H12N2O. The summed E-state index contributed by atoms with van der Waals surface area (Å²) in [5.41, 5.74) is 1.33. The van der Waals surface area contributed by atoms with Gasteiger partial charge in [0, 0.05) is 12.1 Å². The molecule has 2 amide bonds. The topological polar surface area (TPSA) is 41.1 Å². The summed E-state index contributed by atoms with van der Waals surface area (Å²) in [6.07, 6.45) is 5.28. The molecule has 72 valence electrons. The molecule has 2 N–H and O–H groups in total. The summed E-state index contributed by atoms with van der Waals surface area (Å²) < 4.78 is 0. The standard InChI is InChI=1S/C11H12N2O/c1-3-9-7-5-6-8-10(9)13-11(14)12-4-2/h1,5-8H,4H2,2H3,(H2,12,13,14). The van der Waals surface area contributed by atoms with Gasteiger partial charge in [0.05, 0.1) is 5.69 Å². The van der Waals surface area contributed by atoms with Crippen LogP contribution in [0.4, 0.5) is 10.5 Å². The molecule has 0 aromatic heterocycles. The average molecular weight is 188 g/mol. The fourth-order valence-corrected chi connectivity index (χ4v) is 1.05. The highest BCUT2D eigenvalue weighted by atomic mass is 16.2. The van der Waals surface area contributed by atoms with Crippen molar-refractivity contribution in [3.05, 3.63) is 29.8 Å². The minimum atomic E-state index is -0.241. The molecule has 14 heavy (non-hydrogen) atoms. The minimum Gasteiger partial charge on any atom is -0.338 e. The zero-order valence-electron chi connectivity index (χ0n) is 8.00. The lowest BCUT2D eigenvalue weighted by Gasteiger charge is -2.07. The van der Waals surface area contributed by atoms with Crippen molar-refractivity contribution in [2.24, 2.45) is 0 Å². The Morgan fingerprint density at radius 2 is 2.21 bits per heavy atom. The molecule has 0 heterocycles. The molecule has 0 fully saturated rings. The number of carbonyl (C=O) groups is 1. The van der Waals surface area contributed by atoms with Gasteiger partial charge in [-0.1, -0.05) is 18.1 Å². The number of carbonyl (C=O) groups excluding carboxylic acids is 1. The second-order valence-corrected chi connectivity index (χ2v) is 2.67. The van der Waals surface area contributed by atoms with Crippen molar-refractivity contribution in [3.63, 3.8) is 0 Å². The Labute approximate surface area is 83.5 Å². The Kier molecular flexibility index (Phi) is 3.57. The highest BCUT2D eigenvalue weighted by molar-refractivity contribution is 5.90. The van der Waals surface area contributed by atoms with Crippen LogP contribution in [0, 0.1) is 12.3 Å². The molecule has 0 unspecified atom stereocenters. The maximum Gasteiger partial charge on any atom is 0.319 e. The maximum atomic E-state index is 11.2. The lowest BCUT2D eigenvalue weighted by molar-refractivity contribution is 0.252. The first kappa shape index (κ1) is 10.1. The van der Waals surface area contributed by atoms with Crippen LogP contribution >= 0.6 is 0 Å². The van der Waals surface area contributed by atoms with Crippen molar-refractivity contribution >= 4 is 11.7 Å². The summed E-state index contributed by atoms with van der Waals surface area (Å²) >= 11 is 0. The van der Waals surface area contributed by atoms with Gasteiger partial charge in [-0.05, 0) is 19.1 Å². The largest absolute Gasteiger partial charge is 0.338 e. The normalized spacial score (nSPS) is 8.86. The molecule has 3 nitrogen and oxygen atoms in total. The van der Waals surface area contributed by atoms with Gasteiger partial charge in [-0.3, -0.25) is 0 Å². The van der Waals surface area contributed by atoms with E-state index in [0.717, 1.165) is 0 Å². The van der Waals surface area contributed by atoms with Crippen LogP contribution in [0.1, 0.15) is 12.5 Å². The lowest BCUT2D eigenvalue weighted by atomic mass is 10.2. The van der Waals surface area contributed by atoms with Gasteiger partial charge >= 0.3 is 6.03 Å². The van der Waals surface area contributed by atoms with Crippen LogP contribution < -0.4 is 10.6 Å². The number of anilines is 1. The summed E-state index contributed by atoms with van der Waals surface area (Å²) in [4.78, 5) is 11.2. The van der Waals surface area contributed by atoms with Crippen LogP contribution in [-0.4, -0.2) is 12.6 Å². The Morgan fingerprint density at radius 3 is 2.86 bits per heavy atom. The maximum absolute atomic E-state index is 11.2. The first-order valence-corrected chi connectivity index (χ1v) is 4.38. The highest BCUT2D eigenvalue weighted by Gasteiger charge is 2.02. The van der Waals surface area contributed by atoms with Gasteiger partial charge in [0.25, 0.3) is 0 Å². The predicted octanol–water partition coefficient (Wildman–Crippen LogP) is 1.81. The van der Waals surface area contributed by atoms with Crippen molar-refractivity contribution in [3.8, 4) is 12.3 Å². The molecule has 0 saturated carbocycles. The number of rotatable bonds is 2. The Morgan fingerprint density at radius 1 is 1.50 bits per heavy atom. The van der Waals surface area contributed by atoms with Crippen LogP contribution in [0.2, 0.25) is 0 Å². The third-order valence-electron chi connectivity index (χ3n) is 1.67. The quantitative estimate of drug-likeness (QED) is 0.683. The monoisotopic (exact) mass is 188 g/mol. The molecule has 0 radical (unpaired) electrons. The van der Waals surface area contributed by atoms with Crippen molar-refractivity contribution in [2.75, 3.05) is 11.9 Å². The Bertz CT molecular complexity index is 366. The number of hydrogen-bond acceptors (Lipinski definition) is 1. The van der Waals surface area contributed by atoms with E-state index in [1.165, 1.54) is 0 Å². The molecule has 0 saturated heterocycles. The molecule has 1 rings (SSSR count). The number of terminal acetylenes is 1. The first-order chi connectivity index (χ1) is 6.77. The van der Waals surface area contributed by atoms with Gasteiger partial charge in [0.2, 0.25) is 0 Å². The number of para-hydroxylation sites is 1. The van der Waals surface area contributed by atoms with E-state index < -0.39 is 0 Å². The minimum absolute atomic E-state index is 0.241. The van der Waals surface area contributed by atoms with E-state index >= 15 is 0 Å². The summed E-state index contributed by atoms with van der Waals surface area (Å²) in [5, 5.41) is 5.30. The smallest absolute Gasteiger partial charge is 0.319 e. The van der Waals surface area contributed by atoms with Gasteiger partial charge in [-0.15, -0.1) is 6.42 Å². The summed E-state index contributed by atoms with van der Waals surface area (Å²) in [7, 11) is 0. The van der Waals surface area contributed by atoms with E-state index in [9.17, 15) is 4.79 Å². The molecule has 3 heteroatoms. The SMILES string of the molecule is C#Cc1ccccc1NC(=O)NCC. The van der Waals surface area contributed by atoms with Crippen molar-refractivity contribution < 1.29 is 4.79 Å². The van der Waals surface area contributed by atoms with Crippen LogP contribution in [-0.2, 0) is 0 Å². The van der Waals surface area contributed by atoms with E-state index in [0.29, 0.717) is 17.8 Å². The van der Waals surface area contributed by atoms with Gasteiger partial charge < -0.3 is 10.6 Å². The number of urea groups is 1. The van der Waals surface area contributed by atoms with Crippen LogP contribution in [0.3, 0.4) is 0 Å². The third kappa shape index (κ3) is 2.53. The average Bonchev–Trinajstić information content (AvgIpc) is 2.19. The van der Waals surface area contributed by atoms with E-state index in [4.69, 9.17) is 6.42 Å². The van der Waals surface area contributed by atoms with E-state index in [1.807, 2.05) is 19.1 Å². The second kappa shape index (κ2) is 4.93. The van der Waals surface area contributed by atoms with Crippen LogP contribution in [0.5, 0.6) is 0 Å². The van der Waals surface area contributed by atoms with Crippen molar-refractivity contribution in [2.45, 2.75) is 6.92 Å². The molecule has 0 atom stereocenters. The summed E-state index contributed by atoms with van der Waals surface area (Å²) in [5.74, 6) is 2.50. The van der Waals surface area contributed by atoms with E-state index in [1.54, 1.807) is 12.1 Å². The van der Waals surface area contributed by atoms with Gasteiger partial charge in [0.1, 0.15) is 0 Å². The van der Waals surface area contributed by atoms with Gasteiger partial charge in [-0.25, -0.2) is 4.79 Å². The fourth-order valence-electron chi connectivity index (χ4n) is 1.05. The molecule has 0 aliphatic heterocycles. The molecule has 0 aliphatic carbocycles. The second-order valence-electron chi connectivity index (χ2n) is 2.67. The fraction of sp³-hybridized carbons (Fsp3) is 0.182. The molecular weight excluding hydrogens is 176 g/mol. The van der Waals surface area contributed by atoms with Gasteiger partial charge in [0.15, 0.2) is 0 Å². The highest BCUT2D eigenvalue weighted by Crippen LogP contribution is 2.12. The molecule has 1 aromatic rings. The van der Waals surface area contributed by atoms with Crippen molar-refractivity contribution in [1.29, 1.82) is 0 Å². The number of benzene rings is 1. The number of nitrogens with one attached hydrogen (secondary N) is 2. The number of hydrogen-bond donors (Lipinski definition) is 2. The third-order valence-corrected chi connectivity index (χ3v) is 1.67. The molecule has 0 aliphatic rings. The van der Waals surface area contributed by atoms with Crippen LogP contribution in [0.15, 0.2) is 24.3 Å². The van der Waals surface area contributed by atoms with E-state index in [-0.39, 0.29) is 6.03 Å². The zero-order valence-corrected chi connectivity index (χ0v) is 8.00. The van der Waals surface area contributed by atoms with E-state index in [2.05, 4.69) is 16.6 Å². The Hall–Kier alpha value is -1.95. The molecule has 1 aromatic carbocycles. The first-order valence-electron chi connectivity index (χ1n) is 4.38. The van der Waals surface area contributed by atoms with Gasteiger partial charge in [-0.2, -0.15) is 0 Å². The predicted molar refractivity (Wildman–Crippen MR) is 57.1 cm³/mol. The summed E-state index contributed by atoms with van der Waals surface area (Å²) in [6.45, 7) is 2.44. The molecule has 0 spiro atoms. The lowest BCUT2D eigenvalue weighted by Crippen LogP contribution is -2.28.